The molecule has 0 bridgehead atoms. The monoisotopic (exact) mass is 353 g/mol. The number of hydrogen-bond acceptors (Lipinski definition) is 6. The van der Waals surface area contributed by atoms with E-state index in [4.69, 9.17) is 4.74 Å². The van der Waals surface area contributed by atoms with E-state index in [1.165, 1.54) is 18.6 Å². The van der Waals surface area contributed by atoms with E-state index in [1.807, 2.05) is 0 Å². The maximum atomic E-state index is 12.9. The molecule has 2 aliphatic rings. The summed E-state index contributed by atoms with van der Waals surface area (Å²) >= 11 is 0. The van der Waals surface area contributed by atoms with Gasteiger partial charge in [-0.15, -0.1) is 0 Å². The number of ether oxygens (including phenoxy) is 1. The number of piperidine rings is 1. The molecule has 134 valence electrons. The van der Waals surface area contributed by atoms with Gasteiger partial charge in [-0.05, 0) is 25.0 Å². The zero-order chi connectivity index (χ0) is 17.9. The largest absolute Gasteiger partial charge is 0.376 e. The van der Waals surface area contributed by atoms with E-state index in [1.54, 1.807) is 29.4 Å². The van der Waals surface area contributed by atoms with Gasteiger partial charge in [0.25, 0.3) is 5.91 Å². The van der Waals surface area contributed by atoms with Crippen LogP contribution in [-0.2, 0) is 9.53 Å². The summed E-state index contributed by atoms with van der Waals surface area (Å²) in [4.78, 5) is 39.4. The molecule has 1 N–H and O–H groups in total. The van der Waals surface area contributed by atoms with Gasteiger partial charge in [0.05, 0.1) is 36.1 Å². The third-order valence-electron chi connectivity index (χ3n) is 4.85. The molecule has 0 unspecified atom stereocenters. The molecule has 0 aliphatic carbocycles. The van der Waals surface area contributed by atoms with Gasteiger partial charge < -0.3 is 15.0 Å². The van der Waals surface area contributed by atoms with Crippen molar-refractivity contribution >= 4 is 17.5 Å². The summed E-state index contributed by atoms with van der Waals surface area (Å²) in [6.45, 7) is 0.933. The Bertz CT molecular complexity index is 786. The molecule has 0 radical (unpaired) electrons. The second-order valence-electron chi connectivity index (χ2n) is 6.48. The summed E-state index contributed by atoms with van der Waals surface area (Å²) in [6, 6.07) is 3.52. The summed E-state index contributed by atoms with van der Waals surface area (Å²) in [5.41, 5.74) is 0.922. The van der Waals surface area contributed by atoms with Crippen molar-refractivity contribution in [1.29, 1.82) is 0 Å². The summed E-state index contributed by atoms with van der Waals surface area (Å²) in [5.74, 6) is -0.698. The number of aromatic nitrogens is 3. The van der Waals surface area contributed by atoms with Gasteiger partial charge in [0.15, 0.2) is 0 Å². The number of anilines is 1. The number of carbonyl (C=O) groups is 2. The molecule has 4 rings (SSSR count). The Kier molecular flexibility index (Phi) is 4.57. The highest BCUT2D eigenvalue weighted by Gasteiger charge is 2.44. The van der Waals surface area contributed by atoms with Crippen molar-refractivity contribution < 1.29 is 14.3 Å². The first-order valence-electron chi connectivity index (χ1n) is 8.62. The number of hydrogen-bond donors (Lipinski definition) is 1. The molecule has 4 heterocycles. The normalized spacial score (nSPS) is 24.8. The lowest BCUT2D eigenvalue weighted by atomic mass is 9.89. The zero-order valence-electron chi connectivity index (χ0n) is 14.1. The number of pyridine rings is 1. The number of likely N-dealkylation sites (tertiary alicyclic amines) is 1. The van der Waals surface area contributed by atoms with Crippen LogP contribution < -0.4 is 5.32 Å². The van der Waals surface area contributed by atoms with Gasteiger partial charge in [0.2, 0.25) is 5.91 Å². The van der Waals surface area contributed by atoms with Gasteiger partial charge in [-0.25, -0.2) is 4.98 Å². The number of amides is 2. The first kappa shape index (κ1) is 16.6. The smallest absolute Gasteiger partial charge is 0.274 e. The second kappa shape index (κ2) is 7.17. The Morgan fingerprint density at radius 1 is 1.19 bits per heavy atom. The maximum Gasteiger partial charge on any atom is 0.274 e. The van der Waals surface area contributed by atoms with Crippen molar-refractivity contribution in [2.24, 2.45) is 5.92 Å². The van der Waals surface area contributed by atoms with Crippen molar-refractivity contribution in [3.05, 3.63) is 48.8 Å². The van der Waals surface area contributed by atoms with E-state index < -0.39 is 0 Å². The molecule has 2 saturated heterocycles. The van der Waals surface area contributed by atoms with E-state index >= 15 is 0 Å². The SMILES string of the molecule is O=C(Nc1cccnc1)[C@@H]1C[C@@H]2OCC[C@@H]2N(C(=O)c2cnccn2)C1. The Balaban J connectivity index is 1.53. The molecule has 8 nitrogen and oxygen atoms in total. The molecule has 8 heteroatoms. The minimum atomic E-state index is -0.352. The summed E-state index contributed by atoms with van der Waals surface area (Å²) in [7, 11) is 0. The molecule has 2 aliphatic heterocycles. The topological polar surface area (TPSA) is 97.3 Å². The fourth-order valence-corrected chi connectivity index (χ4v) is 3.61. The Labute approximate surface area is 150 Å². The standard InChI is InChI=1S/C18H19N5O3/c24-17(22-13-2-1-4-19-9-13)12-8-16-15(3-7-26-16)23(11-12)18(25)14-10-20-5-6-21-14/h1-2,4-6,9-10,12,15-16H,3,7-8,11H2,(H,22,24)/t12-,15+,16+/m1/s1. The number of rotatable bonds is 3. The van der Waals surface area contributed by atoms with Crippen molar-refractivity contribution in [3.8, 4) is 0 Å². The average molecular weight is 353 g/mol. The molecule has 0 aromatic carbocycles. The predicted molar refractivity (Wildman–Crippen MR) is 92.2 cm³/mol. The first-order chi connectivity index (χ1) is 12.7. The predicted octanol–water partition coefficient (Wildman–Crippen LogP) is 1.13. The van der Waals surface area contributed by atoms with E-state index in [0.29, 0.717) is 25.3 Å². The first-order valence-corrected chi connectivity index (χ1v) is 8.62. The number of nitrogens with zero attached hydrogens (tertiary/aromatic N) is 4. The third-order valence-corrected chi connectivity index (χ3v) is 4.85. The van der Waals surface area contributed by atoms with Gasteiger partial charge in [-0.1, -0.05) is 0 Å². The second-order valence-corrected chi connectivity index (χ2v) is 6.48. The van der Waals surface area contributed by atoms with Gasteiger partial charge in [-0.3, -0.25) is 19.6 Å². The van der Waals surface area contributed by atoms with E-state index in [-0.39, 0.29) is 35.6 Å². The summed E-state index contributed by atoms with van der Waals surface area (Å²) in [5, 5.41) is 2.87. The van der Waals surface area contributed by atoms with E-state index in [0.717, 1.165) is 6.42 Å². The van der Waals surface area contributed by atoms with Crippen molar-refractivity contribution in [3.63, 3.8) is 0 Å². The molecule has 0 saturated carbocycles. The Morgan fingerprint density at radius 3 is 2.85 bits per heavy atom. The number of fused-ring (bicyclic) bond motifs is 1. The molecule has 3 atom stereocenters. The molecule has 2 aromatic heterocycles. The van der Waals surface area contributed by atoms with Crippen LogP contribution in [0.1, 0.15) is 23.3 Å². The number of carbonyl (C=O) groups excluding carboxylic acids is 2. The van der Waals surface area contributed by atoms with Crippen molar-refractivity contribution in [1.82, 2.24) is 19.9 Å². The van der Waals surface area contributed by atoms with Crippen molar-refractivity contribution in [2.75, 3.05) is 18.5 Å². The zero-order valence-corrected chi connectivity index (χ0v) is 14.1. The highest BCUT2D eigenvalue weighted by Crippen LogP contribution is 2.32. The van der Waals surface area contributed by atoms with E-state index in [2.05, 4.69) is 20.3 Å². The highest BCUT2D eigenvalue weighted by molar-refractivity contribution is 5.95. The van der Waals surface area contributed by atoms with Crippen LogP contribution in [0.4, 0.5) is 5.69 Å². The average Bonchev–Trinajstić information content (AvgIpc) is 3.17. The van der Waals surface area contributed by atoms with Gasteiger partial charge in [0, 0.05) is 31.7 Å². The van der Waals surface area contributed by atoms with Crippen LogP contribution in [0.5, 0.6) is 0 Å². The highest BCUT2D eigenvalue weighted by atomic mass is 16.5. The quantitative estimate of drug-likeness (QED) is 0.888. The Morgan fingerprint density at radius 2 is 2.08 bits per heavy atom. The molecule has 2 amide bonds. The minimum absolute atomic E-state index is 0.0213. The van der Waals surface area contributed by atoms with Gasteiger partial charge >= 0.3 is 0 Å². The molecule has 2 fully saturated rings. The lowest BCUT2D eigenvalue weighted by Crippen LogP contribution is -2.54. The van der Waals surface area contributed by atoms with Gasteiger partial charge in [-0.2, -0.15) is 0 Å². The summed E-state index contributed by atoms with van der Waals surface area (Å²) < 4.78 is 5.78. The lowest BCUT2D eigenvalue weighted by Gasteiger charge is -2.40. The fraction of sp³-hybridized carbons (Fsp3) is 0.389. The molecular formula is C18H19N5O3. The van der Waals surface area contributed by atoms with Crippen molar-refractivity contribution in [2.45, 2.75) is 25.0 Å². The van der Waals surface area contributed by atoms with E-state index in [9.17, 15) is 9.59 Å². The van der Waals surface area contributed by atoms with Gasteiger partial charge in [0.1, 0.15) is 5.69 Å². The number of nitrogens with one attached hydrogen (secondary N) is 1. The lowest BCUT2D eigenvalue weighted by molar-refractivity contribution is -0.123. The summed E-state index contributed by atoms with van der Waals surface area (Å²) in [6.07, 6.45) is 8.95. The molecule has 26 heavy (non-hydrogen) atoms. The van der Waals surface area contributed by atoms with Crippen LogP contribution >= 0.6 is 0 Å². The van der Waals surface area contributed by atoms with Crippen LogP contribution in [0.2, 0.25) is 0 Å². The Hall–Kier alpha value is -2.87. The maximum absolute atomic E-state index is 12.9. The third kappa shape index (κ3) is 3.28. The molecule has 2 aromatic rings. The van der Waals surface area contributed by atoms with Crippen LogP contribution in [0.3, 0.4) is 0 Å². The molecular weight excluding hydrogens is 334 g/mol. The van der Waals surface area contributed by atoms with Crippen LogP contribution in [0, 0.1) is 5.92 Å². The molecule has 0 spiro atoms. The minimum Gasteiger partial charge on any atom is -0.376 e. The van der Waals surface area contributed by atoms with Crippen LogP contribution in [-0.4, -0.2) is 57.0 Å². The fourth-order valence-electron chi connectivity index (χ4n) is 3.61. The van der Waals surface area contributed by atoms with Crippen LogP contribution in [0.15, 0.2) is 43.1 Å². The van der Waals surface area contributed by atoms with Crippen LogP contribution in [0.25, 0.3) is 0 Å².